The summed E-state index contributed by atoms with van der Waals surface area (Å²) < 4.78 is 6.74. The molecular formula is C16H30ClNOSi. The van der Waals surface area contributed by atoms with Gasteiger partial charge in [-0.25, -0.2) is 0 Å². The van der Waals surface area contributed by atoms with Gasteiger partial charge in [-0.15, -0.1) is 0 Å². The Balaban J connectivity index is 2.18. The SMILES string of the molecule is CN1C2CCC1[C@@H](/C=C/Cl)[C@@H](O[Si](C)(C)C(C)(C)C)C2. The fraction of sp³-hybridized carbons (Fsp3) is 0.875. The maximum Gasteiger partial charge on any atom is 0.192 e. The number of nitrogens with zero attached hydrogens (tertiary/aromatic N) is 1. The molecule has 4 heteroatoms. The van der Waals surface area contributed by atoms with Crippen LogP contribution in [0.5, 0.6) is 0 Å². The van der Waals surface area contributed by atoms with Gasteiger partial charge in [-0.05, 0) is 44.4 Å². The van der Waals surface area contributed by atoms with Crippen LogP contribution in [-0.2, 0) is 4.43 Å². The minimum Gasteiger partial charge on any atom is -0.413 e. The van der Waals surface area contributed by atoms with Gasteiger partial charge in [-0.3, -0.25) is 4.90 Å². The molecule has 2 rings (SSSR count). The zero-order valence-electron chi connectivity index (χ0n) is 13.8. The number of hydrogen-bond donors (Lipinski definition) is 0. The monoisotopic (exact) mass is 315 g/mol. The summed E-state index contributed by atoms with van der Waals surface area (Å²) in [7, 11) is 0.552. The van der Waals surface area contributed by atoms with E-state index < -0.39 is 8.32 Å². The van der Waals surface area contributed by atoms with Crippen molar-refractivity contribution >= 4 is 19.9 Å². The van der Waals surface area contributed by atoms with Crippen LogP contribution in [0.25, 0.3) is 0 Å². The lowest BCUT2D eigenvalue weighted by atomic mass is 9.88. The van der Waals surface area contributed by atoms with Crippen molar-refractivity contribution in [3.8, 4) is 0 Å². The Morgan fingerprint density at radius 1 is 1.25 bits per heavy atom. The Morgan fingerprint density at radius 3 is 2.45 bits per heavy atom. The van der Waals surface area contributed by atoms with Crippen molar-refractivity contribution in [2.75, 3.05) is 7.05 Å². The first-order valence-electron chi connectivity index (χ1n) is 7.84. The molecule has 20 heavy (non-hydrogen) atoms. The summed E-state index contributed by atoms with van der Waals surface area (Å²) >= 11 is 5.90. The molecule has 2 saturated heterocycles. The summed E-state index contributed by atoms with van der Waals surface area (Å²) in [5.74, 6) is 0.449. The van der Waals surface area contributed by atoms with Gasteiger partial charge < -0.3 is 4.43 Å². The van der Waals surface area contributed by atoms with Crippen LogP contribution in [0.1, 0.15) is 40.0 Å². The first-order valence-corrected chi connectivity index (χ1v) is 11.2. The average molecular weight is 316 g/mol. The molecule has 0 N–H and O–H groups in total. The third-order valence-electron chi connectivity index (χ3n) is 5.82. The Morgan fingerprint density at radius 2 is 1.90 bits per heavy atom. The molecular weight excluding hydrogens is 286 g/mol. The van der Waals surface area contributed by atoms with Crippen molar-refractivity contribution in [1.29, 1.82) is 0 Å². The summed E-state index contributed by atoms with van der Waals surface area (Å²) in [6.45, 7) is 11.7. The van der Waals surface area contributed by atoms with Crippen LogP contribution in [0.2, 0.25) is 18.1 Å². The zero-order chi connectivity index (χ0) is 15.1. The molecule has 0 amide bonds. The molecule has 0 saturated carbocycles. The van der Waals surface area contributed by atoms with Crippen LogP contribution in [0.4, 0.5) is 0 Å². The highest BCUT2D eigenvalue weighted by Crippen LogP contribution is 2.44. The second-order valence-electron chi connectivity index (χ2n) is 8.01. The van der Waals surface area contributed by atoms with E-state index in [0.717, 1.165) is 6.42 Å². The summed E-state index contributed by atoms with van der Waals surface area (Å²) in [6, 6.07) is 1.31. The highest BCUT2D eigenvalue weighted by atomic mass is 35.5. The minimum absolute atomic E-state index is 0.268. The van der Waals surface area contributed by atoms with Gasteiger partial charge in [-0.1, -0.05) is 38.4 Å². The third kappa shape index (κ3) is 3.01. The van der Waals surface area contributed by atoms with Crippen molar-refractivity contribution < 1.29 is 4.43 Å². The standard InChI is InChI=1S/C16H30ClNOSi/c1-16(2,3)20(5,6)19-15-11-12-7-8-14(18(12)4)13(15)9-10-17/h9-10,12-15H,7-8,11H2,1-6H3/b10-9+/t12?,13-,14?,15+/m1/s1. The van der Waals surface area contributed by atoms with Gasteiger partial charge in [-0.2, -0.15) is 0 Å². The van der Waals surface area contributed by atoms with Crippen LogP contribution in [0.3, 0.4) is 0 Å². The molecule has 2 aliphatic heterocycles. The van der Waals surface area contributed by atoms with E-state index in [0.29, 0.717) is 24.1 Å². The molecule has 0 radical (unpaired) electrons. The normalized spacial score (nSPS) is 36.0. The Labute approximate surface area is 130 Å². The minimum atomic E-state index is -1.71. The van der Waals surface area contributed by atoms with E-state index >= 15 is 0 Å². The quantitative estimate of drug-likeness (QED) is 0.705. The summed E-state index contributed by atoms with van der Waals surface area (Å²) in [5, 5.41) is 0.268. The zero-order valence-corrected chi connectivity index (χ0v) is 15.6. The van der Waals surface area contributed by atoms with Crippen molar-refractivity contribution in [3.63, 3.8) is 0 Å². The fourth-order valence-electron chi connectivity index (χ4n) is 3.48. The molecule has 2 unspecified atom stereocenters. The van der Waals surface area contributed by atoms with Gasteiger partial charge in [0.25, 0.3) is 0 Å². The van der Waals surface area contributed by atoms with E-state index in [1.54, 1.807) is 5.54 Å². The summed E-state index contributed by atoms with van der Waals surface area (Å²) in [6.07, 6.45) is 6.27. The highest BCUT2D eigenvalue weighted by Gasteiger charge is 2.48. The molecule has 2 nitrogen and oxygen atoms in total. The Bertz CT molecular complexity index is 377. The smallest absolute Gasteiger partial charge is 0.192 e. The topological polar surface area (TPSA) is 12.5 Å². The van der Waals surface area contributed by atoms with Crippen LogP contribution in [0, 0.1) is 5.92 Å². The second-order valence-corrected chi connectivity index (χ2v) is 13.0. The van der Waals surface area contributed by atoms with Crippen LogP contribution in [-0.4, -0.2) is 38.5 Å². The van der Waals surface area contributed by atoms with Gasteiger partial charge in [0, 0.05) is 23.5 Å². The molecule has 2 fully saturated rings. The predicted molar refractivity (Wildman–Crippen MR) is 89.7 cm³/mol. The van der Waals surface area contributed by atoms with E-state index in [-0.39, 0.29) is 5.04 Å². The van der Waals surface area contributed by atoms with Gasteiger partial charge in [0.15, 0.2) is 8.32 Å². The number of hydrogen-bond acceptors (Lipinski definition) is 2. The van der Waals surface area contributed by atoms with Gasteiger partial charge in [0.2, 0.25) is 0 Å². The lowest BCUT2D eigenvalue weighted by molar-refractivity contribution is 0.0214. The van der Waals surface area contributed by atoms with E-state index in [4.69, 9.17) is 16.0 Å². The van der Waals surface area contributed by atoms with Crippen LogP contribution in [0.15, 0.2) is 11.6 Å². The molecule has 0 spiro atoms. The first-order chi connectivity index (χ1) is 9.17. The molecule has 0 aliphatic carbocycles. The average Bonchev–Trinajstić information content (AvgIpc) is 2.55. The lowest BCUT2D eigenvalue weighted by Gasteiger charge is -2.47. The first kappa shape index (κ1) is 16.5. The molecule has 0 aromatic rings. The van der Waals surface area contributed by atoms with E-state index in [9.17, 15) is 0 Å². The molecule has 0 aromatic heterocycles. The third-order valence-corrected chi connectivity index (χ3v) is 10.5. The lowest BCUT2D eigenvalue weighted by Crippen LogP contribution is -2.54. The Kier molecular flexibility index (Phi) is 4.75. The van der Waals surface area contributed by atoms with E-state index in [2.05, 4.69) is 51.9 Å². The number of piperidine rings is 1. The fourth-order valence-corrected chi connectivity index (χ4v) is 5.01. The van der Waals surface area contributed by atoms with Gasteiger partial charge in [0.05, 0.1) is 6.10 Å². The highest BCUT2D eigenvalue weighted by molar-refractivity contribution is 6.74. The van der Waals surface area contributed by atoms with E-state index in [1.165, 1.54) is 12.8 Å². The van der Waals surface area contributed by atoms with Crippen molar-refractivity contribution in [2.24, 2.45) is 5.92 Å². The molecule has 0 aromatic carbocycles. The molecule has 2 heterocycles. The molecule has 116 valence electrons. The maximum absolute atomic E-state index is 6.74. The van der Waals surface area contributed by atoms with Crippen molar-refractivity contribution in [1.82, 2.24) is 4.90 Å². The van der Waals surface area contributed by atoms with Crippen molar-refractivity contribution in [2.45, 2.75) is 76.4 Å². The predicted octanol–water partition coefficient (Wildman–Crippen LogP) is 4.61. The Hall–Kier alpha value is 0.167. The second kappa shape index (κ2) is 5.75. The molecule has 2 bridgehead atoms. The number of fused-ring (bicyclic) bond motifs is 2. The largest absolute Gasteiger partial charge is 0.413 e. The van der Waals surface area contributed by atoms with Gasteiger partial charge in [0.1, 0.15) is 0 Å². The molecule has 2 aliphatic rings. The maximum atomic E-state index is 6.74. The number of rotatable bonds is 3. The van der Waals surface area contributed by atoms with Crippen LogP contribution < -0.4 is 0 Å². The van der Waals surface area contributed by atoms with Gasteiger partial charge >= 0.3 is 0 Å². The molecule has 4 atom stereocenters. The van der Waals surface area contributed by atoms with Crippen LogP contribution >= 0.6 is 11.6 Å². The summed E-state index contributed by atoms with van der Waals surface area (Å²) in [5.41, 5.74) is 1.69. The number of halogens is 1. The van der Waals surface area contributed by atoms with E-state index in [1.807, 2.05) is 0 Å². The summed E-state index contributed by atoms with van der Waals surface area (Å²) in [4.78, 5) is 2.55. The van der Waals surface area contributed by atoms with Crippen molar-refractivity contribution in [3.05, 3.63) is 11.6 Å².